The van der Waals surface area contributed by atoms with Gasteiger partial charge in [-0.1, -0.05) is 39.5 Å². The molecule has 0 saturated heterocycles. The quantitative estimate of drug-likeness (QED) is 0.666. The van der Waals surface area contributed by atoms with Crippen molar-refractivity contribution < 1.29 is 0 Å². The van der Waals surface area contributed by atoms with Gasteiger partial charge in [-0.15, -0.1) is 0 Å². The van der Waals surface area contributed by atoms with Crippen molar-refractivity contribution in [2.75, 3.05) is 0 Å². The van der Waals surface area contributed by atoms with Crippen LogP contribution < -0.4 is 5.73 Å². The Morgan fingerprint density at radius 3 is 2.36 bits per heavy atom. The van der Waals surface area contributed by atoms with E-state index in [4.69, 9.17) is 5.73 Å². The fraction of sp³-hybridized carbons (Fsp3) is 1.00. The lowest BCUT2D eigenvalue weighted by Gasteiger charge is -2.24. The maximum Gasteiger partial charge on any atom is 0.00645 e. The first-order valence-corrected chi connectivity index (χ1v) is 5.01. The molecule has 11 heavy (non-hydrogen) atoms. The Morgan fingerprint density at radius 1 is 1.36 bits per heavy atom. The minimum absolute atomic E-state index is 0.443. The highest BCUT2D eigenvalue weighted by Crippen LogP contribution is 2.32. The second kappa shape index (κ2) is 4.10. The first-order chi connectivity index (χ1) is 5.25. The predicted molar refractivity (Wildman–Crippen MR) is 49.4 cm³/mol. The molecule has 1 fully saturated rings. The zero-order valence-electron chi connectivity index (χ0n) is 7.84. The number of hydrogen-bond donors (Lipinski definition) is 1. The highest BCUT2D eigenvalue weighted by atomic mass is 14.6. The molecule has 0 heterocycles. The molecule has 1 nitrogen and oxygen atoms in total. The zero-order valence-corrected chi connectivity index (χ0v) is 7.84. The average molecular weight is 155 g/mol. The van der Waals surface area contributed by atoms with Crippen molar-refractivity contribution >= 4 is 0 Å². The van der Waals surface area contributed by atoms with Gasteiger partial charge in [-0.3, -0.25) is 0 Å². The molecular weight excluding hydrogens is 134 g/mol. The van der Waals surface area contributed by atoms with E-state index in [9.17, 15) is 0 Å². The normalized spacial score (nSPS) is 25.4. The topological polar surface area (TPSA) is 26.0 Å². The van der Waals surface area contributed by atoms with Crippen molar-refractivity contribution in [1.82, 2.24) is 0 Å². The molecule has 0 aromatic heterocycles. The molecule has 1 heteroatoms. The fourth-order valence-electron chi connectivity index (χ4n) is 2.20. The molecule has 0 amide bonds. The lowest BCUT2D eigenvalue weighted by Crippen LogP contribution is -2.31. The Balaban J connectivity index is 2.32. The molecule has 66 valence electrons. The van der Waals surface area contributed by atoms with E-state index in [0.29, 0.717) is 6.04 Å². The first-order valence-electron chi connectivity index (χ1n) is 5.01. The molecule has 1 saturated carbocycles. The van der Waals surface area contributed by atoms with Gasteiger partial charge in [-0.25, -0.2) is 0 Å². The van der Waals surface area contributed by atoms with Gasteiger partial charge in [0, 0.05) is 6.04 Å². The third-order valence-corrected chi connectivity index (χ3v) is 3.29. The van der Waals surface area contributed by atoms with Crippen molar-refractivity contribution in [2.45, 2.75) is 52.0 Å². The van der Waals surface area contributed by atoms with Gasteiger partial charge >= 0.3 is 0 Å². The van der Waals surface area contributed by atoms with Gasteiger partial charge in [-0.2, -0.15) is 0 Å². The summed E-state index contributed by atoms with van der Waals surface area (Å²) >= 11 is 0. The van der Waals surface area contributed by atoms with Gasteiger partial charge in [0.1, 0.15) is 0 Å². The SMILES string of the molecule is CCC(N)C(C)C1CCCC1. The second-order valence-electron chi connectivity index (χ2n) is 3.98. The van der Waals surface area contributed by atoms with Crippen LogP contribution in [0.3, 0.4) is 0 Å². The highest BCUT2D eigenvalue weighted by Gasteiger charge is 2.24. The van der Waals surface area contributed by atoms with Crippen LogP contribution in [0.2, 0.25) is 0 Å². The van der Waals surface area contributed by atoms with Crippen LogP contribution >= 0.6 is 0 Å². The van der Waals surface area contributed by atoms with Gasteiger partial charge in [-0.05, 0) is 18.3 Å². The Bertz CT molecular complexity index is 105. The molecule has 0 radical (unpaired) electrons. The molecule has 1 aliphatic rings. The first kappa shape index (κ1) is 9.05. The van der Waals surface area contributed by atoms with Crippen LogP contribution in [-0.2, 0) is 0 Å². The number of rotatable bonds is 3. The predicted octanol–water partition coefficient (Wildman–Crippen LogP) is 2.55. The summed E-state index contributed by atoms with van der Waals surface area (Å²) in [5.74, 6) is 1.69. The summed E-state index contributed by atoms with van der Waals surface area (Å²) in [6.07, 6.45) is 6.86. The molecule has 1 aliphatic carbocycles. The van der Waals surface area contributed by atoms with Crippen LogP contribution in [0, 0.1) is 11.8 Å². The molecule has 0 aromatic rings. The van der Waals surface area contributed by atoms with Crippen molar-refractivity contribution in [3.05, 3.63) is 0 Å². The zero-order chi connectivity index (χ0) is 8.27. The largest absolute Gasteiger partial charge is 0.327 e. The molecule has 1 rings (SSSR count). The van der Waals surface area contributed by atoms with Crippen molar-refractivity contribution in [2.24, 2.45) is 17.6 Å². The molecule has 2 N–H and O–H groups in total. The molecule has 2 atom stereocenters. The highest BCUT2D eigenvalue weighted by molar-refractivity contribution is 4.78. The van der Waals surface area contributed by atoms with Crippen LogP contribution in [0.15, 0.2) is 0 Å². The maximum atomic E-state index is 6.00. The van der Waals surface area contributed by atoms with Crippen molar-refractivity contribution in [3.63, 3.8) is 0 Å². The van der Waals surface area contributed by atoms with Crippen LogP contribution in [-0.4, -0.2) is 6.04 Å². The van der Waals surface area contributed by atoms with E-state index in [1.54, 1.807) is 0 Å². The lowest BCUT2D eigenvalue weighted by molar-refractivity contribution is 0.303. The summed E-state index contributed by atoms with van der Waals surface area (Å²) in [7, 11) is 0. The standard InChI is InChI=1S/C10H21N/c1-3-10(11)8(2)9-6-4-5-7-9/h8-10H,3-7,11H2,1-2H3. The van der Waals surface area contributed by atoms with Crippen LogP contribution in [0.1, 0.15) is 46.0 Å². The third kappa shape index (κ3) is 2.19. The Kier molecular flexibility index (Phi) is 3.38. The number of hydrogen-bond acceptors (Lipinski definition) is 1. The van der Waals surface area contributed by atoms with E-state index >= 15 is 0 Å². The lowest BCUT2D eigenvalue weighted by atomic mass is 9.86. The molecule has 2 unspecified atom stereocenters. The Labute approximate surface area is 70.4 Å². The second-order valence-corrected chi connectivity index (χ2v) is 3.98. The van der Waals surface area contributed by atoms with E-state index in [0.717, 1.165) is 18.3 Å². The maximum absolute atomic E-state index is 6.00. The molecule has 0 spiro atoms. The Hall–Kier alpha value is -0.0400. The molecule has 0 aromatic carbocycles. The average Bonchev–Trinajstić information content (AvgIpc) is 2.53. The monoisotopic (exact) mass is 155 g/mol. The van der Waals surface area contributed by atoms with E-state index < -0.39 is 0 Å². The fourth-order valence-corrected chi connectivity index (χ4v) is 2.20. The summed E-state index contributed by atoms with van der Waals surface area (Å²) < 4.78 is 0. The number of nitrogens with two attached hydrogens (primary N) is 1. The van der Waals surface area contributed by atoms with Gasteiger partial charge < -0.3 is 5.73 Å². The minimum Gasteiger partial charge on any atom is -0.327 e. The summed E-state index contributed by atoms with van der Waals surface area (Å²) in [5, 5.41) is 0. The summed E-state index contributed by atoms with van der Waals surface area (Å²) in [5.41, 5.74) is 6.00. The third-order valence-electron chi connectivity index (χ3n) is 3.29. The van der Waals surface area contributed by atoms with E-state index in [-0.39, 0.29) is 0 Å². The van der Waals surface area contributed by atoms with Gasteiger partial charge in [0.2, 0.25) is 0 Å². The van der Waals surface area contributed by atoms with Crippen molar-refractivity contribution in [1.29, 1.82) is 0 Å². The van der Waals surface area contributed by atoms with Gasteiger partial charge in [0.15, 0.2) is 0 Å². The van der Waals surface area contributed by atoms with E-state index in [2.05, 4.69) is 13.8 Å². The molecule has 0 bridgehead atoms. The molecule has 0 aliphatic heterocycles. The minimum atomic E-state index is 0.443. The summed E-state index contributed by atoms with van der Waals surface area (Å²) in [4.78, 5) is 0. The molecular formula is C10H21N. The smallest absolute Gasteiger partial charge is 0.00645 e. The van der Waals surface area contributed by atoms with Gasteiger partial charge in [0.05, 0.1) is 0 Å². The van der Waals surface area contributed by atoms with E-state index in [1.807, 2.05) is 0 Å². The van der Waals surface area contributed by atoms with Crippen LogP contribution in [0.4, 0.5) is 0 Å². The summed E-state index contributed by atoms with van der Waals surface area (Å²) in [6.45, 7) is 4.51. The van der Waals surface area contributed by atoms with Crippen LogP contribution in [0.25, 0.3) is 0 Å². The van der Waals surface area contributed by atoms with Gasteiger partial charge in [0.25, 0.3) is 0 Å². The van der Waals surface area contributed by atoms with Crippen LogP contribution in [0.5, 0.6) is 0 Å². The van der Waals surface area contributed by atoms with E-state index in [1.165, 1.54) is 25.7 Å². The summed E-state index contributed by atoms with van der Waals surface area (Å²) in [6, 6.07) is 0.443. The Morgan fingerprint density at radius 2 is 1.91 bits per heavy atom. The van der Waals surface area contributed by atoms with Crippen molar-refractivity contribution in [3.8, 4) is 0 Å².